The highest BCUT2D eigenvalue weighted by Gasteiger charge is 2.12. The Kier molecular flexibility index (Phi) is 5.56. The van der Waals surface area contributed by atoms with Crippen LogP contribution in [0.4, 0.5) is 0 Å². The lowest BCUT2D eigenvalue weighted by Gasteiger charge is -2.09. The number of amides is 1. The Bertz CT molecular complexity index is 856. The van der Waals surface area contributed by atoms with Crippen molar-refractivity contribution in [1.29, 1.82) is 0 Å². The van der Waals surface area contributed by atoms with Crippen molar-refractivity contribution in [3.05, 3.63) is 82.7 Å². The van der Waals surface area contributed by atoms with Crippen molar-refractivity contribution in [1.82, 2.24) is 10.5 Å². The van der Waals surface area contributed by atoms with Gasteiger partial charge in [-0.1, -0.05) is 47.1 Å². The number of aromatic nitrogens is 1. The van der Waals surface area contributed by atoms with Crippen LogP contribution >= 0.6 is 11.8 Å². The first kappa shape index (κ1) is 17.3. The van der Waals surface area contributed by atoms with Crippen LogP contribution in [0.5, 0.6) is 0 Å². The van der Waals surface area contributed by atoms with E-state index in [1.165, 1.54) is 5.56 Å². The van der Waals surface area contributed by atoms with Crippen LogP contribution < -0.4 is 5.32 Å². The summed E-state index contributed by atoms with van der Waals surface area (Å²) in [6.45, 7) is 4.43. The maximum absolute atomic E-state index is 12.6. The van der Waals surface area contributed by atoms with Crippen molar-refractivity contribution in [3.63, 3.8) is 0 Å². The zero-order valence-electron chi connectivity index (χ0n) is 14.3. The summed E-state index contributed by atoms with van der Waals surface area (Å²) in [4.78, 5) is 13.5. The molecule has 0 fully saturated rings. The predicted molar refractivity (Wildman–Crippen MR) is 99.6 cm³/mol. The number of thioether (sulfide) groups is 1. The van der Waals surface area contributed by atoms with E-state index in [0.29, 0.717) is 17.9 Å². The van der Waals surface area contributed by atoms with Crippen LogP contribution in [0.2, 0.25) is 0 Å². The van der Waals surface area contributed by atoms with E-state index >= 15 is 0 Å². The zero-order valence-corrected chi connectivity index (χ0v) is 15.1. The fourth-order valence-electron chi connectivity index (χ4n) is 2.40. The Morgan fingerprint density at radius 1 is 1.12 bits per heavy atom. The van der Waals surface area contributed by atoms with Crippen molar-refractivity contribution in [2.75, 3.05) is 0 Å². The average molecular weight is 352 g/mol. The highest BCUT2D eigenvalue weighted by molar-refractivity contribution is 7.98. The van der Waals surface area contributed by atoms with Gasteiger partial charge in [-0.05, 0) is 31.5 Å². The molecule has 0 aliphatic rings. The second-order valence-corrected chi connectivity index (χ2v) is 6.90. The summed E-state index contributed by atoms with van der Waals surface area (Å²) in [5.41, 5.74) is 3.85. The Morgan fingerprint density at radius 2 is 1.88 bits per heavy atom. The number of carbonyl (C=O) groups excluding carboxylic acids is 1. The molecule has 2 aromatic carbocycles. The molecule has 1 aromatic heterocycles. The minimum Gasteiger partial charge on any atom is -0.361 e. The van der Waals surface area contributed by atoms with Crippen LogP contribution in [0.3, 0.4) is 0 Å². The Balaban J connectivity index is 1.64. The second kappa shape index (κ2) is 8.03. The monoisotopic (exact) mass is 352 g/mol. The number of aryl methyl sites for hydroxylation is 2. The van der Waals surface area contributed by atoms with E-state index in [9.17, 15) is 4.79 Å². The molecule has 5 heteroatoms. The van der Waals surface area contributed by atoms with Gasteiger partial charge < -0.3 is 9.84 Å². The molecule has 0 bridgehead atoms. The SMILES string of the molecule is Cc1ccc(CNC(=O)c2ccccc2SCc2cc(C)on2)cc1. The summed E-state index contributed by atoms with van der Waals surface area (Å²) in [6, 6.07) is 17.7. The number of rotatable bonds is 6. The lowest BCUT2D eigenvalue weighted by molar-refractivity contribution is 0.0948. The van der Waals surface area contributed by atoms with Crippen LogP contribution in [0.25, 0.3) is 0 Å². The van der Waals surface area contributed by atoms with Gasteiger partial charge in [-0.25, -0.2) is 0 Å². The number of hydrogen-bond acceptors (Lipinski definition) is 4. The first-order chi connectivity index (χ1) is 12.1. The standard InChI is InChI=1S/C20H20N2O2S/c1-14-7-9-16(10-8-14)12-21-20(23)18-5-3-4-6-19(18)25-13-17-11-15(2)24-22-17/h3-11H,12-13H2,1-2H3,(H,21,23). The average Bonchev–Trinajstić information content (AvgIpc) is 3.05. The van der Waals surface area contributed by atoms with Crippen LogP contribution in [0, 0.1) is 13.8 Å². The molecule has 0 unspecified atom stereocenters. The smallest absolute Gasteiger partial charge is 0.252 e. The topological polar surface area (TPSA) is 55.1 Å². The normalized spacial score (nSPS) is 10.6. The largest absolute Gasteiger partial charge is 0.361 e. The summed E-state index contributed by atoms with van der Waals surface area (Å²) >= 11 is 1.58. The quantitative estimate of drug-likeness (QED) is 0.663. The van der Waals surface area contributed by atoms with Crippen molar-refractivity contribution < 1.29 is 9.32 Å². The molecule has 0 spiro atoms. The molecular formula is C20H20N2O2S. The van der Waals surface area contributed by atoms with E-state index in [1.807, 2.05) is 68.4 Å². The maximum Gasteiger partial charge on any atom is 0.252 e. The fraction of sp³-hybridized carbons (Fsp3) is 0.200. The van der Waals surface area contributed by atoms with Gasteiger partial charge in [0.1, 0.15) is 5.76 Å². The number of nitrogens with one attached hydrogen (secondary N) is 1. The maximum atomic E-state index is 12.6. The van der Waals surface area contributed by atoms with Crippen molar-refractivity contribution in [2.45, 2.75) is 31.0 Å². The summed E-state index contributed by atoms with van der Waals surface area (Å²) in [7, 11) is 0. The Morgan fingerprint density at radius 3 is 2.60 bits per heavy atom. The van der Waals surface area contributed by atoms with Gasteiger partial charge in [0.15, 0.2) is 0 Å². The van der Waals surface area contributed by atoms with E-state index in [0.717, 1.165) is 21.9 Å². The van der Waals surface area contributed by atoms with E-state index in [-0.39, 0.29) is 5.91 Å². The minimum absolute atomic E-state index is 0.0694. The van der Waals surface area contributed by atoms with Crippen molar-refractivity contribution in [2.24, 2.45) is 0 Å². The molecule has 3 aromatic rings. The van der Waals surface area contributed by atoms with E-state index in [1.54, 1.807) is 11.8 Å². The molecule has 0 saturated carbocycles. The van der Waals surface area contributed by atoms with Crippen LogP contribution in [0.15, 0.2) is 64.0 Å². The number of nitrogens with zero attached hydrogens (tertiary/aromatic N) is 1. The molecule has 0 atom stereocenters. The molecule has 0 radical (unpaired) electrons. The third-order valence-electron chi connectivity index (χ3n) is 3.76. The van der Waals surface area contributed by atoms with Gasteiger partial charge in [-0.3, -0.25) is 4.79 Å². The van der Waals surface area contributed by atoms with E-state index in [4.69, 9.17) is 4.52 Å². The van der Waals surface area contributed by atoms with Gasteiger partial charge >= 0.3 is 0 Å². The molecule has 128 valence electrons. The minimum atomic E-state index is -0.0694. The van der Waals surface area contributed by atoms with Gasteiger partial charge in [0.05, 0.1) is 11.3 Å². The summed E-state index contributed by atoms with van der Waals surface area (Å²) < 4.78 is 5.08. The van der Waals surface area contributed by atoms with Gasteiger partial charge in [-0.15, -0.1) is 11.8 Å². The molecule has 0 aliphatic heterocycles. The van der Waals surface area contributed by atoms with Crippen molar-refractivity contribution in [3.8, 4) is 0 Å². The van der Waals surface area contributed by atoms with Crippen LogP contribution in [-0.2, 0) is 12.3 Å². The lowest BCUT2D eigenvalue weighted by Crippen LogP contribution is -2.23. The van der Waals surface area contributed by atoms with Gasteiger partial charge in [0.2, 0.25) is 0 Å². The van der Waals surface area contributed by atoms with Gasteiger partial charge in [-0.2, -0.15) is 0 Å². The van der Waals surface area contributed by atoms with Gasteiger partial charge in [0, 0.05) is 23.3 Å². The van der Waals surface area contributed by atoms with Gasteiger partial charge in [0.25, 0.3) is 5.91 Å². The molecule has 1 heterocycles. The molecule has 0 aliphatic carbocycles. The first-order valence-corrected chi connectivity index (χ1v) is 9.08. The second-order valence-electron chi connectivity index (χ2n) is 5.88. The Hall–Kier alpha value is -2.53. The number of hydrogen-bond donors (Lipinski definition) is 1. The molecule has 25 heavy (non-hydrogen) atoms. The van der Waals surface area contributed by atoms with Crippen molar-refractivity contribution >= 4 is 17.7 Å². The predicted octanol–water partition coefficient (Wildman–Crippen LogP) is 4.51. The third kappa shape index (κ3) is 4.73. The highest BCUT2D eigenvalue weighted by atomic mass is 32.2. The van der Waals surface area contributed by atoms with E-state index < -0.39 is 0 Å². The summed E-state index contributed by atoms with van der Waals surface area (Å²) in [5, 5.41) is 6.98. The molecule has 0 saturated heterocycles. The Labute approximate surface area is 151 Å². The summed E-state index contributed by atoms with van der Waals surface area (Å²) in [6.07, 6.45) is 0. The third-order valence-corrected chi connectivity index (χ3v) is 4.86. The summed E-state index contributed by atoms with van der Waals surface area (Å²) in [5.74, 6) is 1.39. The van der Waals surface area contributed by atoms with Crippen LogP contribution in [0.1, 0.15) is 32.9 Å². The first-order valence-electron chi connectivity index (χ1n) is 8.09. The number of benzene rings is 2. The number of carbonyl (C=O) groups is 1. The highest BCUT2D eigenvalue weighted by Crippen LogP contribution is 2.26. The van der Waals surface area contributed by atoms with E-state index in [2.05, 4.69) is 10.5 Å². The molecule has 1 amide bonds. The molecule has 3 rings (SSSR count). The lowest BCUT2D eigenvalue weighted by atomic mass is 10.1. The van der Waals surface area contributed by atoms with Crippen LogP contribution in [-0.4, -0.2) is 11.1 Å². The molecule has 1 N–H and O–H groups in total. The molecular weight excluding hydrogens is 332 g/mol. The zero-order chi connectivity index (χ0) is 17.6. The fourth-order valence-corrected chi connectivity index (χ4v) is 3.33. The molecule has 4 nitrogen and oxygen atoms in total.